The summed E-state index contributed by atoms with van der Waals surface area (Å²) >= 11 is 0. The number of nitrogens with one attached hydrogen (secondary N) is 1. The molecule has 0 saturated carbocycles. The van der Waals surface area contributed by atoms with Gasteiger partial charge in [-0.2, -0.15) is 0 Å². The van der Waals surface area contributed by atoms with E-state index in [0.29, 0.717) is 28.1 Å². The summed E-state index contributed by atoms with van der Waals surface area (Å²) in [6.45, 7) is 1.74. The van der Waals surface area contributed by atoms with Crippen molar-refractivity contribution in [2.24, 2.45) is 5.18 Å². The molecular formula is C24H20FN5O3. The fourth-order valence-electron chi connectivity index (χ4n) is 3.47. The smallest absolute Gasteiger partial charge is 0.318 e. The summed E-state index contributed by atoms with van der Waals surface area (Å²) in [5.74, 6) is -0.120. The van der Waals surface area contributed by atoms with E-state index in [2.05, 4.69) is 15.5 Å². The van der Waals surface area contributed by atoms with Crippen molar-refractivity contribution in [1.82, 2.24) is 14.5 Å². The lowest BCUT2D eigenvalue weighted by Crippen LogP contribution is -2.37. The number of halogens is 1. The van der Waals surface area contributed by atoms with Crippen molar-refractivity contribution >= 4 is 28.3 Å². The molecule has 2 amide bonds. The first kappa shape index (κ1) is 21.8. The second-order valence-corrected chi connectivity index (χ2v) is 7.46. The number of nitrogens with zero attached hydrogens (tertiary/aromatic N) is 4. The Hall–Kier alpha value is -4.40. The third-order valence-corrected chi connectivity index (χ3v) is 5.36. The van der Waals surface area contributed by atoms with Crippen LogP contribution in [0.4, 0.5) is 20.6 Å². The molecule has 0 saturated heterocycles. The van der Waals surface area contributed by atoms with Crippen molar-refractivity contribution < 1.29 is 9.18 Å². The van der Waals surface area contributed by atoms with Gasteiger partial charge in [-0.05, 0) is 66.7 Å². The number of hydrogen-bond acceptors (Lipinski definition) is 5. The van der Waals surface area contributed by atoms with Crippen LogP contribution in [0, 0.1) is 10.7 Å². The first-order valence-electron chi connectivity index (χ1n) is 10.1. The monoisotopic (exact) mass is 445 g/mol. The van der Waals surface area contributed by atoms with E-state index in [4.69, 9.17) is 0 Å². The predicted octanol–water partition coefficient (Wildman–Crippen LogP) is 5.15. The third-order valence-electron chi connectivity index (χ3n) is 5.36. The van der Waals surface area contributed by atoms with Crippen molar-refractivity contribution in [1.29, 1.82) is 0 Å². The van der Waals surface area contributed by atoms with Gasteiger partial charge < -0.3 is 10.2 Å². The molecule has 0 fully saturated rings. The van der Waals surface area contributed by atoms with Crippen LogP contribution in [0.15, 0.2) is 82.8 Å². The van der Waals surface area contributed by atoms with Gasteiger partial charge in [0.05, 0.1) is 22.6 Å². The van der Waals surface area contributed by atoms with Gasteiger partial charge in [0.2, 0.25) is 0 Å². The number of carbonyl (C=O) groups excluding carboxylic acids is 1. The lowest BCUT2D eigenvalue weighted by atomic mass is 10.2. The van der Waals surface area contributed by atoms with E-state index in [1.807, 2.05) is 0 Å². The maximum absolute atomic E-state index is 13.5. The van der Waals surface area contributed by atoms with Gasteiger partial charge in [0.25, 0.3) is 5.56 Å². The van der Waals surface area contributed by atoms with Crippen molar-refractivity contribution in [3.8, 4) is 5.69 Å². The maximum atomic E-state index is 13.5. The normalized spacial score (nSPS) is 11.7. The van der Waals surface area contributed by atoms with Crippen LogP contribution >= 0.6 is 0 Å². The number of anilines is 1. The molecule has 0 radical (unpaired) electrons. The Bertz CT molecular complexity index is 1400. The highest BCUT2D eigenvalue weighted by atomic mass is 19.1. The molecule has 0 aliphatic carbocycles. The van der Waals surface area contributed by atoms with E-state index >= 15 is 0 Å². The molecule has 1 aromatic heterocycles. The molecule has 3 aromatic carbocycles. The number of aromatic nitrogens is 2. The summed E-state index contributed by atoms with van der Waals surface area (Å²) in [6.07, 6.45) is 0. The highest BCUT2D eigenvalue weighted by molar-refractivity contribution is 5.90. The molecule has 0 aliphatic rings. The van der Waals surface area contributed by atoms with Crippen molar-refractivity contribution in [2.45, 2.75) is 13.0 Å². The van der Waals surface area contributed by atoms with Crippen LogP contribution in [0.25, 0.3) is 16.6 Å². The standard InChI is InChI=1S/C24H20FN5O3/c1-15(29(2)24(32)26-17-6-5-7-18(14-17)28-33)22-27-21-9-4-3-8-20(21)23(31)30(22)19-12-10-16(25)11-13-19/h3-15H,1-2H3,(H,26,32). The number of para-hydroxylation sites is 1. The van der Waals surface area contributed by atoms with Crippen LogP contribution in [0.1, 0.15) is 18.8 Å². The van der Waals surface area contributed by atoms with E-state index in [1.54, 1.807) is 50.4 Å². The molecule has 0 bridgehead atoms. The Kier molecular flexibility index (Phi) is 5.95. The number of amides is 2. The summed E-state index contributed by atoms with van der Waals surface area (Å²) in [5.41, 5.74) is 1.18. The molecule has 1 heterocycles. The number of fused-ring (bicyclic) bond motifs is 1. The zero-order valence-corrected chi connectivity index (χ0v) is 17.9. The first-order valence-corrected chi connectivity index (χ1v) is 10.1. The lowest BCUT2D eigenvalue weighted by molar-refractivity contribution is 0.205. The van der Waals surface area contributed by atoms with E-state index < -0.39 is 17.9 Å². The van der Waals surface area contributed by atoms with E-state index in [0.717, 1.165) is 0 Å². The average molecular weight is 445 g/mol. The minimum Gasteiger partial charge on any atom is -0.318 e. The van der Waals surface area contributed by atoms with Gasteiger partial charge in [0.15, 0.2) is 0 Å². The number of carbonyl (C=O) groups is 1. The number of rotatable bonds is 5. The van der Waals surface area contributed by atoms with Crippen LogP contribution in [0.3, 0.4) is 0 Å². The van der Waals surface area contributed by atoms with Crippen LogP contribution in [0.5, 0.6) is 0 Å². The van der Waals surface area contributed by atoms with Gasteiger partial charge in [0.1, 0.15) is 17.3 Å². The average Bonchev–Trinajstić information content (AvgIpc) is 2.84. The van der Waals surface area contributed by atoms with Gasteiger partial charge in [-0.3, -0.25) is 9.36 Å². The first-order chi connectivity index (χ1) is 15.9. The quantitative estimate of drug-likeness (QED) is 0.430. The Labute approximate surface area is 188 Å². The van der Waals surface area contributed by atoms with Crippen LogP contribution in [0.2, 0.25) is 0 Å². The molecule has 0 aliphatic heterocycles. The largest absolute Gasteiger partial charge is 0.322 e. The molecule has 1 atom stereocenters. The fraction of sp³-hybridized carbons (Fsp3) is 0.125. The van der Waals surface area contributed by atoms with Crippen molar-refractivity contribution in [3.63, 3.8) is 0 Å². The second-order valence-electron chi connectivity index (χ2n) is 7.46. The summed E-state index contributed by atoms with van der Waals surface area (Å²) in [4.78, 5) is 43.1. The molecule has 0 spiro atoms. The van der Waals surface area contributed by atoms with Crippen molar-refractivity contribution in [3.05, 3.63) is 99.7 Å². The molecule has 9 heteroatoms. The van der Waals surface area contributed by atoms with E-state index in [9.17, 15) is 18.9 Å². The maximum Gasteiger partial charge on any atom is 0.322 e. The summed E-state index contributed by atoms with van der Waals surface area (Å²) in [5, 5.41) is 5.98. The van der Waals surface area contributed by atoms with Crippen LogP contribution < -0.4 is 10.9 Å². The van der Waals surface area contributed by atoms with Gasteiger partial charge in [-0.25, -0.2) is 14.2 Å². The minimum absolute atomic E-state index is 0.185. The third kappa shape index (κ3) is 4.33. The zero-order valence-electron chi connectivity index (χ0n) is 17.9. The second kappa shape index (κ2) is 8.99. The SMILES string of the molecule is CC(c1nc2ccccc2c(=O)n1-c1ccc(F)cc1)N(C)C(=O)Nc1cccc(N=O)c1. The molecule has 4 rings (SSSR count). The van der Waals surface area contributed by atoms with E-state index in [-0.39, 0.29) is 11.2 Å². The Balaban J connectivity index is 1.76. The molecule has 1 N–H and O–H groups in total. The summed E-state index contributed by atoms with van der Waals surface area (Å²) < 4.78 is 14.9. The topological polar surface area (TPSA) is 96.7 Å². The zero-order chi connectivity index (χ0) is 23.5. The number of nitroso groups, excluding NO2 is 1. The molecule has 166 valence electrons. The Morgan fingerprint density at radius 2 is 1.82 bits per heavy atom. The summed E-state index contributed by atoms with van der Waals surface area (Å²) in [6, 6.07) is 17.5. The van der Waals surface area contributed by atoms with Crippen LogP contribution in [-0.2, 0) is 0 Å². The molecular weight excluding hydrogens is 425 g/mol. The number of benzene rings is 3. The number of hydrogen-bond donors (Lipinski definition) is 1. The highest BCUT2D eigenvalue weighted by Crippen LogP contribution is 2.23. The molecule has 8 nitrogen and oxygen atoms in total. The highest BCUT2D eigenvalue weighted by Gasteiger charge is 2.24. The Morgan fingerprint density at radius 3 is 2.55 bits per heavy atom. The molecule has 4 aromatic rings. The van der Waals surface area contributed by atoms with E-state index in [1.165, 1.54) is 45.9 Å². The molecule has 33 heavy (non-hydrogen) atoms. The lowest BCUT2D eigenvalue weighted by Gasteiger charge is -2.27. The Morgan fingerprint density at radius 1 is 1.09 bits per heavy atom. The number of urea groups is 1. The van der Waals surface area contributed by atoms with Crippen LogP contribution in [-0.4, -0.2) is 27.5 Å². The fourth-order valence-corrected chi connectivity index (χ4v) is 3.47. The van der Waals surface area contributed by atoms with Gasteiger partial charge in [-0.15, -0.1) is 4.91 Å². The summed E-state index contributed by atoms with van der Waals surface area (Å²) in [7, 11) is 1.57. The van der Waals surface area contributed by atoms with Gasteiger partial charge in [-0.1, -0.05) is 18.2 Å². The molecule has 1 unspecified atom stereocenters. The minimum atomic E-state index is -0.639. The van der Waals surface area contributed by atoms with Gasteiger partial charge >= 0.3 is 6.03 Å². The van der Waals surface area contributed by atoms with Gasteiger partial charge in [0, 0.05) is 12.7 Å². The van der Waals surface area contributed by atoms with Crippen molar-refractivity contribution in [2.75, 3.05) is 12.4 Å². The predicted molar refractivity (Wildman–Crippen MR) is 124 cm³/mol.